The first kappa shape index (κ1) is 25.2. The van der Waals surface area contributed by atoms with Gasteiger partial charge in [-0.2, -0.15) is 0 Å². The average Bonchev–Trinajstić information content (AvgIpc) is 3.36. The van der Waals surface area contributed by atoms with Crippen molar-refractivity contribution in [1.29, 1.82) is 0 Å². The highest BCUT2D eigenvalue weighted by atomic mass is 79.9. The summed E-state index contributed by atoms with van der Waals surface area (Å²) in [7, 11) is 0. The molecule has 0 spiro atoms. The van der Waals surface area contributed by atoms with Crippen molar-refractivity contribution < 1.29 is 18.8 Å². The number of carbonyl (C=O) groups excluding carboxylic acids is 3. The summed E-state index contributed by atoms with van der Waals surface area (Å²) in [4.78, 5) is 44.8. The van der Waals surface area contributed by atoms with Crippen LogP contribution in [-0.4, -0.2) is 17.7 Å². The minimum atomic E-state index is -1.46. The maximum absolute atomic E-state index is 15.6. The van der Waals surface area contributed by atoms with E-state index in [1.165, 1.54) is 11.0 Å². The number of hydrogen-bond donors (Lipinski definition) is 0. The van der Waals surface area contributed by atoms with Gasteiger partial charge in [-0.05, 0) is 47.4 Å². The van der Waals surface area contributed by atoms with Crippen molar-refractivity contribution in [3.63, 3.8) is 0 Å². The van der Waals surface area contributed by atoms with Gasteiger partial charge in [0, 0.05) is 10.9 Å². The lowest BCUT2D eigenvalue weighted by Gasteiger charge is -2.33. The molecule has 0 unspecified atom stereocenters. The monoisotopic (exact) mass is 582 g/mol. The molecular formula is C32H24BrFN2O3. The lowest BCUT2D eigenvalue weighted by atomic mass is 9.66. The fourth-order valence-corrected chi connectivity index (χ4v) is 6.36. The predicted molar refractivity (Wildman–Crippen MR) is 151 cm³/mol. The molecule has 0 saturated carbocycles. The molecule has 1 fully saturated rings. The quantitative estimate of drug-likeness (QED) is 0.254. The molecule has 2 aliphatic rings. The SMILES string of the molecule is O=C1C[C@H]([C@]2(Cc3ccccc3)C(=O)N(Cc3ccccc3)c3c(F)cccc32)C(=O)N1c1cccc(Br)c1. The topological polar surface area (TPSA) is 57.7 Å². The van der Waals surface area contributed by atoms with Crippen molar-refractivity contribution in [3.8, 4) is 0 Å². The van der Waals surface area contributed by atoms with Gasteiger partial charge in [0.15, 0.2) is 0 Å². The third-order valence-corrected chi connectivity index (χ3v) is 8.17. The molecule has 0 bridgehead atoms. The van der Waals surface area contributed by atoms with E-state index in [2.05, 4.69) is 15.9 Å². The summed E-state index contributed by atoms with van der Waals surface area (Å²) < 4.78 is 16.3. The Kier molecular flexibility index (Phi) is 6.39. The molecule has 39 heavy (non-hydrogen) atoms. The normalized spacial score (nSPS) is 20.6. The number of fused-ring (bicyclic) bond motifs is 1. The summed E-state index contributed by atoms with van der Waals surface area (Å²) in [6.07, 6.45) is 0.00345. The second-order valence-electron chi connectivity index (χ2n) is 9.95. The highest BCUT2D eigenvalue weighted by Gasteiger charge is 2.62. The van der Waals surface area contributed by atoms with Crippen LogP contribution in [0.4, 0.5) is 15.8 Å². The van der Waals surface area contributed by atoms with Gasteiger partial charge in [-0.15, -0.1) is 0 Å². The zero-order valence-electron chi connectivity index (χ0n) is 20.9. The van der Waals surface area contributed by atoms with E-state index in [1.54, 1.807) is 30.3 Å². The molecule has 4 aromatic rings. The summed E-state index contributed by atoms with van der Waals surface area (Å²) in [6, 6.07) is 30.3. The Morgan fingerprint density at radius 1 is 0.821 bits per heavy atom. The number of nitrogens with zero attached hydrogens (tertiary/aromatic N) is 2. The molecule has 1 saturated heterocycles. The lowest BCUT2D eigenvalue weighted by Crippen LogP contribution is -2.50. The van der Waals surface area contributed by atoms with Crippen molar-refractivity contribution >= 4 is 45.0 Å². The van der Waals surface area contributed by atoms with Gasteiger partial charge in [-0.1, -0.05) is 94.8 Å². The number of imide groups is 1. The van der Waals surface area contributed by atoms with Gasteiger partial charge in [0.1, 0.15) is 5.82 Å². The van der Waals surface area contributed by atoms with Gasteiger partial charge in [0.25, 0.3) is 0 Å². The Labute approximate surface area is 234 Å². The van der Waals surface area contributed by atoms with Crippen LogP contribution in [-0.2, 0) is 32.8 Å². The summed E-state index contributed by atoms with van der Waals surface area (Å²) in [5, 5.41) is 0. The number of carbonyl (C=O) groups is 3. The van der Waals surface area contributed by atoms with E-state index >= 15 is 4.39 Å². The van der Waals surface area contributed by atoms with Crippen LogP contribution in [0, 0.1) is 11.7 Å². The second-order valence-corrected chi connectivity index (χ2v) is 10.9. The van der Waals surface area contributed by atoms with E-state index in [0.717, 1.165) is 20.5 Å². The maximum Gasteiger partial charge on any atom is 0.239 e. The van der Waals surface area contributed by atoms with Crippen LogP contribution in [0.5, 0.6) is 0 Å². The van der Waals surface area contributed by atoms with Crippen LogP contribution >= 0.6 is 15.9 Å². The standard InChI is InChI=1S/C32H24BrFN2O3/c33-23-13-7-14-24(17-23)36-28(37)18-26(30(36)38)32(19-21-9-3-1-4-10-21)25-15-8-16-27(34)29(25)35(31(32)39)20-22-11-5-2-6-12-22/h1-17,26H,18-20H2/t26-,32+/m0/s1. The molecule has 5 nitrogen and oxygen atoms in total. The summed E-state index contributed by atoms with van der Waals surface area (Å²) in [6.45, 7) is 0.147. The smallest absolute Gasteiger partial charge is 0.239 e. The molecule has 2 atom stereocenters. The second kappa shape index (κ2) is 9.89. The van der Waals surface area contributed by atoms with Crippen LogP contribution in [0.2, 0.25) is 0 Å². The Balaban J connectivity index is 1.53. The summed E-state index contributed by atoms with van der Waals surface area (Å²) in [5.41, 5.74) is 1.24. The average molecular weight is 583 g/mol. The predicted octanol–water partition coefficient (Wildman–Crippen LogP) is 6.20. The molecule has 3 amide bonds. The first-order chi connectivity index (χ1) is 18.9. The van der Waals surface area contributed by atoms with E-state index < -0.39 is 23.1 Å². The molecule has 0 aromatic heterocycles. The maximum atomic E-state index is 15.6. The molecule has 6 rings (SSSR count). The third-order valence-electron chi connectivity index (χ3n) is 7.68. The van der Waals surface area contributed by atoms with Crippen LogP contribution < -0.4 is 9.80 Å². The van der Waals surface area contributed by atoms with Gasteiger partial charge in [-0.25, -0.2) is 4.39 Å². The van der Waals surface area contributed by atoms with E-state index in [-0.39, 0.29) is 36.9 Å². The number of halogens is 2. The van der Waals surface area contributed by atoms with E-state index in [1.807, 2.05) is 66.7 Å². The van der Waals surface area contributed by atoms with Crippen LogP contribution in [0.1, 0.15) is 23.1 Å². The first-order valence-electron chi connectivity index (χ1n) is 12.7. The molecular weight excluding hydrogens is 559 g/mol. The highest BCUT2D eigenvalue weighted by Crippen LogP contribution is 2.53. The Hall–Kier alpha value is -4.10. The van der Waals surface area contributed by atoms with Crippen molar-refractivity contribution in [2.45, 2.75) is 24.8 Å². The van der Waals surface area contributed by atoms with Crippen LogP contribution in [0.3, 0.4) is 0 Å². The Bertz CT molecular complexity index is 1590. The van der Waals surface area contributed by atoms with Gasteiger partial charge in [-0.3, -0.25) is 19.3 Å². The molecule has 4 aromatic carbocycles. The fraction of sp³-hybridized carbons (Fsp3) is 0.156. The number of para-hydroxylation sites is 1. The Morgan fingerprint density at radius 3 is 2.18 bits per heavy atom. The summed E-state index contributed by atoms with van der Waals surface area (Å²) in [5.74, 6) is -2.76. The zero-order valence-corrected chi connectivity index (χ0v) is 22.5. The van der Waals surface area contributed by atoms with Gasteiger partial charge in [0.05, 0.1) is 29.3 Å². The molecule has 194 valence electrons. The first-order valence-corrected chi connectivity index (χ1v) is 13.5. The fourth-order valence-electron chi connectivity index (χ4n) is 5.98. The third kappa shape index (κ3) is 4.17. The lowest BCUT2D eigenvalue weighted by molar-refractivity contribution is -0.131. The largest absolute Gasteiger partial charge is 0.304 e. The van der Waals surface area contributed by atoms with E-state index in [9.17, 15) is 14.4 Å². The number of anilines is 2. The van der Waals surface area contributed by atoms with Gasteiger partial charge in [0.2, 0.25) is 17.7 Å². The van der Waals surface area contributed by atoms with Crippen molar-refractivity contribution in [2.75, 3.05) is 9.80 Å². The molecule has 7 heteroatoms. The molecule has 0 aliphatic carbocycles. The van der Waals surface area contributed by atoms with Gasteiger partial charge < -0.3 is 4.90 Å². The minimum absolute atomic E-state index is 0.147. The highest BCUT2D eigenvalue weighted by molar-refractivity contribution is 9.10. The molecule has 0 N–H and O–H groups in total. The number of benzene rings is 4. The molecule has 2 heterocycles. The van der Waals surface area contributed by atoms with Crippen LogP contribution in [0.25, 0.3) is 0 Å². The zero-order chi connectivity index (χ0) is 27.1. The van der Waals surface area contributed by atoms with Gasteiger partial charge >= 0.3 is 0 Å². The van der Waals surface area contributed by atoms with E-state index in [0.29, 0.717) is 11.3 Å². The number of amides is 3. The molecule has 0 radical (unpaired) electrons. The van der Waals surface area contributed by atoms with Crippen LogP contribution in [0.15, 0.2) is 108 Å². The minimum Gasteiger partial charge on any atom is -0.304 e. The molecule has 2 aliphatic heterocycles. The number of rotatable bonds is 6. The van der Waals surface area contributed by atoms with Crippen molar-refractivity contribution in [2.24, 2.45) is 5.92 Å². The Morgan fingerprint density at radius 2 is 1.49 bits per heavy atom. The van der Waals surface area contributed by atoms with E-state index in [4.69, 9.17) is 0 Å². The van der Waals surface area contributed by atoms with Crippen molar-refractivity contribution in [1.82, 2.24) is 0 Å². The summed E-state index contributed by atoms with van der Waals surface area (Å²) >= 11 is 3.41. The number of hydrogen-bond acceptors (Lipinski definition) is 3. The van der Waals surface area contributed by atoms with Crippen molar-refractivity contribution in [3.05, 3.63) is 130 Å².